The van der Waals surface area contributed by atoms with Crippen LogP contribution >= 0.6 is 0 Å². The van der Waals surface area contributed by atoms with Gasteiger partial charge >= 0.3 is 6.79 Å². The Hall–Kier alpha value is -1.23. The number of fused-ring (bicyclic) bond motifs is 1. The van der Waals surface area contributed by atoms with Gasteiger partial charge in [0.25, 0.3) is 5.75 Å². The van der Waals surface area contributed by atoms with E-state index in [0.29, 0.717) is 11.5 Å². The minimum absolute atomic E-state index is 0.267. The zero-order valence-corrected chi connectivity index (χ0v) is 7.84. The lowest BCUT2D eigenvalue weighted by Gasteiger charge is -1.97. The largest absolute Gasteiger partial charge is 0.551 e. The lowest BCUT2D eigenvalue weighted by atomic mass is 10.3. The van der Waals surface area contributed by atoms with E-state index < -0.39 is 9.84 Å². The number of hydrogen-bond acceptors (Lipinski definition) is 3. The fraction of sp³-hybridized carbons (Fsp3) is 0.250. The Bertz CT molecular complexity index is 435. The fourth-order valence-corrected chi connectivity index (χ4v) is 1.78. The van der Waals surface area contributed by atoms with E-state index in [4.69, 9.17) is 4.74 Å². The summed E-state index contributed by atoms with van der Waals surface area (Å²) in [7, 11) is -3.15. The Labute approximate surface area is 76.0 Å². The van der Waals surface area contributed by atoms with Crippen LogP contribution in [0.15, 0.2) is 23.1 Å². The molecule has 0 radical (unpaired) electrons. The van der Waals surface area contributed by atoms with Gasteiger partial charge < -0.3 is 9.47 Å². The van der Waals surface area contributed by atoms with Gasteiger partial charge in [0.2, 0.25) is 5.75 Å². The van der Waals surface area contributed by atoms with E-state index in [-0.39, 0.29) is 11.7 Å². The summed E-state index contributed by atoms with van der Waals surface area (Å²) in [6, 6.07) is 4.69. The first-order valence-electron chi connectivity index (χ1n) is 3.72. The van der Waals surface area contributed by atoms with E-state index in [1.807, 2.05) is 0 Å². The Balaban J connectivity index is 2.54. The summed E-state index contributed by atoms with van der Waals surface area (Å²) in [6.07, 6.45) is 1.17. The molecule has 0 aliphatic carbocycles. The van der Waals surface area contributed by atoms with Crippen molar-refractivity contribution < 1.29 is 17.9 Å². The van der Waals surface area contributed by atoms with Crippen molar-refractivity contribution in [3.63, 3.8) is 0 Å². The van der Waals surface area contributed by atoms with Crippen LogP contribution in [0.2, 0.25) is 0 Å². The van der Waals surface area contributed by atoms with Gasteiger partial charge in [0.05, 0.1) is 4.90 Å². The molecule has 0 saturated heterocycles. The number of sulfone groups is 1. The molecule has 1 aliphatic heterocycles. The molecule has 0 spiro atoms. The monoisotopic (exact) mass is 201 g/mol. The highest BCUT2D eigenvalue weighted by Crippen LogP contribution is 2.34. The van der Waals surface area contributed by atoms with Crippen LogP contribution in [0.3, 0.4) is 0 Å². The van der Waals surface area contributed by atoms with Crippen molar-refractivity contribution in [3.05, 3.63) is 18.2 Å². The second-order valence-electron chi connectivity index (χ2n) is 2.83. The maximum atomic E-state index is 11.1. The average Bonchev–Trinajstić information content (AvgIpc) is 2.47. The summed E-state index contributed by atoms with van der Waals surface area (Å²) < 4.78 is 31.4. The molecular weight excluding hydrogens is 192 g/mol. The van der Waals surface area contributed by atoms with Crippen LogP contribution in [0.1, 0.15) is 0 Å². The molecular formula is C8H9O4S+. The lowest BCUT2D eigenvalue weighted by molar-refractivity contribution is 0.00264. The smallest absolute Gasteiger partial charge is 0.327 e. The molecule has 0 saturated carbocycles. The van der Waals surface area contributed by atoms with E-state index in [1.54, 1.807) is 6.07 Å². The zero-order valence-electron chi connectivity index (χ0n) is 7.02. The van der Waals surface area contributed by atoms with Gasteiger partial charge in [-0.15, -0.1) is 0 Å². The zero-order chi connectivity index (χ0) is 9.47. The number of benzene rings is 1. The van der Waals surface area contributed by atoms with Crippen LogP contribution in [-0.4, -0.2) is 26.2 Å². The summed E-state index contributed by atoms with van der Waals surface area (Å²) in [5.74, 6) is 1.26. The third kappa shape index (κ3) is 1.47. The topological polar surface area (TPSA) is 56.2 Å². The highest BCUT2D eigenvalue weighted by atomic mass is 32.2. The molecule has 1 aliphatic rings. The molecule has 0 bridgehead atoms. The van der Waals surface area contributed by atoms with Gasteiger partial charge in [0.15, 0.2) is 9.84 Å². The molecule has 1 aromatic carbocycles. The Morgan fingerprint density at radius 2 is 2.23 bits per heavy atom. The molecule has 0 fully saturated rings. The van der Waals surface area contributed by atoms with E-state index >= 15 is 0 Å². The average molecular weight is 201 g/mol. The van der Waals surface area contributed by atoms with Gasteiger partial charge in [-0.25, -0.2) is 8.42 Å². The molecule has 1 aromatic rings. The standard InChI is InChI=1S/C8H8O4S/c1-13(9,10)6-2-3-7-8(4-6)12-5-11-7/h2-4H,5H2,1H3/p+1. The molecule has 0 unspecified atom stereocenters. The highest BCUT2D eigenvalue weighted by molar-refractivity contribution is 7.90. The van der Waals surface area contributed by atoms with Gasteiger partial charge in [-0.3, -0.25) is 0 Å². The van der Waals surface area contributed by atoms with Gasteiger partial charge in [-0.1, -0.05) is 0 Å². The van der Waals surface area contributed by atoms with Crippen molar-refractivity contribution >= 4 is 9.84 Å². The Morgan fingerprint density at radius 1 is 1.46 bits per heavy atom. The molecule has 1 heterocycles. The van der Waals surface area contributed by atoms with Crippen molar-refractivity contribution in [3.8, 4) is 11.5 Å². The Morgan fingerprint density at radius 3 is 2.92 bits per heavy atom. The van der Waals surface area contributed by atoms with Crippen LogP contribution < -0.4 is 4.74 Å². The molecule has 0 atom stereocenters. The molecule has 0 aromatic heterocycles. The van der Waals surface area contributed by atoms with Gasteiger partial charge in [-0.05, 0) is 6.07 Å². The molecule has 0 amide bonds. The number of hydrogen-bond donors (Lipinski definition) is 0. The first-order chi connectivity index (χ1) is 6.07. The predicted octanol–water partition coefficient (Wildman–Crippen LogP) is 0.681. The number of rotatable bonds is 1. The van der Waals surface area contributed by atoms with Crippen LogP contribution in [-0.2, 0) is 9.84 Å². The van der Waals surface area contributed by atoms with Crippen LogP contribution in [0.5, 0.6) is 11.5 Å². The molecule has 13 heavy (non-hydrogen) atoms. The lowest BCUT2D eigenvalue weighted by Crippen LogP contribution is -1.96. The Kier molecular flexibility index (Phi) is 1.69. The van der Waals surface area contributed by atoms with Crippen molar-refractivity contribution in [2.75, 3.05) is 13.0 Å². The normalized spacial score (nSPS) is 14.5. The minimum atomic E-state index is -3.15. The van der Waals surface area contributed by atoms with Gasteiger partial charge in [0.1, 0.15) is 0 Å². The summed E-state index contributed by atoms with van der Waals surface area (Å²) in [5.41, 5.74) is 0. The quantitative estimate of drug-likeness (QED) is 0.628. The third-order valence-electron chi connectivity index (χ3n) is 1.81. The predicted molar refractivity (Wildman–Crippen MR) is 46.7 cm³/mol. The van der Waals surface area contributed by atoms with E-state index in [1.165, 1.54) is 18.4 Å². The van der Waals surface area contributed by atoms with Gasteiger partial charge in [-0.2, -0.15) is 0 Å². The molecule has 5 heteroatoms. The highest BCUT2D eigenvalue weighted by Gasteiger charge is 2.20. The van der Waals surface area contributed by atoms with Crippen LogP contribution in [0.4, 0.5) is 0 Å². The van der Waals surface area contributed by atoms with E-state index in [9.17, 15) is 8.42 Å². The molecule has 70 valence electrons. The summed E-state index contributed by atoms with van der Waals surface area (Å²) in [4.78, 5) is 0.267. The minimum Gasteiger partial charge on any atom is -0.551 e. The molecule has 2 rings (SSSR count). The van der Waals surface area contributed by atoms with Crippen molar-refractivity contribution in [1.29, 1.82) is 0 Å². The molecule has 4 nitrogen and oxygen atoms in total. The number of aromatic hydroxyl groups is 1. The molecule has 1 N–H and O–H groups in total. The summed E-state index contributed by atoms with van der Waals surface area (Å²) in [6.45, 7) is 0.280. The van der Waals surface area contributed by atoms with Gasteiger partial charge in [0, 0.05) is 18.4 Å². The summed E-state index contributed by atoms with van der Waals surface area (Å²) in [5, 5.41) is 0. The first kappa shape index (κ1) is 8.37. The first-order valence-corrected chi connectivity index (χ1v) is 5.61. The summed E-state index contributed by atoms with van der Waals surface area (Å²) >= 11 is 0. The second kappa shape index (κ2) is 2.63. The maximum absolute atomic E-state index is 11.1. The number of aliphatic hydroxyl groups is 1. The number of ether oxygens (including phenoxy) is 2. The van der Waals surface area contributed by atoms with Crippen LogP contribution in [0.25, 0.3) is 0 Å². The second-order valence-corrected chi connectivity index (χ2v) is 4.85. The van der Waals surface area contributed by atoms with E-state index in [2.05, 4.69) is 4.74 Å². The van der Waals surface area contributed by atoms with E-state index in [0.717, 1.165) is 0 Å². The van der Waals surface area contributed by atoms with Crippen molar-refractivity contribution in [1.82, 2.24) is 0 Å². The van der Waals surface area contributed by atoms with Crippen molar-refractivity contribution in [2.45, 2.75) is 4.90 Å². The van der Waals surface area contributed by atoms with Crippen LogP contribution in [0, 0.1) is 0 Å². The maximum Gasteiger partial charge on any atom is 0.327 e. The third-order valence-corrected chi connectivity index (χ3v) is 2.92. The SMILES string of the molecule is CS(=O)(=O)c1ccc2c(c1)OC[OH+]2. The van der Waals surface area contributed by atoms with Crippen molar-refractivity contribution in [2.24, 2.45) is 0 Å². The fourth-order valence-electron chi connectivity index (χ4n) is 1.14.